The monoisotopic (exact) mass is 480 g/mol. The molecule has 35 heavy (non-hydrogen) atoms. The molecule has 0 radical (unpaired) electrons. The quantitative estimate of drug-likeness (QED) is 0.612. The molecule has 1 unspecified atom stereocenters. The van der Waals surface area contributed by atoms with E-state index < -0.39 is 11.7 Å². The molecule has 4 amide bonds. The number of amides is 4. The molecule has 1 aliphatic heterocycles. The molecule has 188 valence electrons. The first-order valence-electron chi connectivity index (χ1n) is 12.0. The van der Waals surface area contributed by atoms with Crippen molar-refractivity contribution in [3.63, 3.8) is 0 Å². The Balaban J connectivity index is 1.56. The molecule has 3 rings (SSSR count). The van der Waals surface area contributed by atoms with E-state index in [9.17, 15) is 14.4 Å². The van der Waals surface area contributed by atoms with Crippen LogP contribution in [0.5, 0.6) is 0 Å². The van der Waals surface area contributed by atoms with Crippen molar-refractivity contribution in [2.24, 2.45) is 5.92 Å². The van der Waals surface area contributed by atoms with Gasteiger partial charge in [-0.15, -0.1) is 0 Å². The van der Waals surface area contributed by atoms with Gasteiger partial charge in [0, 0.05) is 38.1 Å². The number of nitrogens with zero attached hydrogens (tertiary/aromatic N) is 2. The standard InChI is InChI=1S/C27H36N4O4/c1-19-9-6-12-22(15-19)29-25(33)31-14-8-11-21(18-31)24(32)28-23-13-7-10-20(16-23)17-30(5)26(34)35-27(2,3)4/h6-7,9-10,12-13,15-16,21H,8,11,14,17-18H2,1-5H3,(H,28,32)(H,29,33). The predicted molar refractivity (Wildman–Crippen MR) is 137 cm³/mol. The number of rotatable bonds is 5. The van der Waals surface area contributed by atoms with Gasteiger partial charge in [-0.05, 0) is 75.9 Å². The van der Waals surface area contributed by atoms with Crippen molar-refractivity contribution < 1.29 is 19.1 Å². The molecule has 1 fully saturated rings. The molecule has 1 atom stereocenters. The second kappa shape index (κ2) is 11.3. The van der Waals surface area contributed by atoms with E-state index in [0.29, 0.717) is 25.3 Å². The van der Waals surface area contributed by atoms with E-state index in [2.05, 4.69) is 10.6 Å². The third-order valence-electron chi connectivity index (χ3n) is 5.67. The normalized spacial score (nSPS) is 15.8. The number of carbonyl (C=O) groups is 3. The summed E-state index contributed by atoms with van der Waals surface area (Å²) in [5, 5.41) is 5.90. The van der Waals surface area contributed by atoms with E-state index in [-0.39, 0.29) is 17.9 Å². The van der Waals surface area contributed by atoms with Gasteiger partial charge in [-0.3, -0.25) is 4.79 Å². The zero-order valence-corrected chi connectivity index (χ0v) is 21.3. The van der Waals surface area contributed by atoms with E-state index in [1.54, 1.807) is 11.9 Å². The predicted octanol–water partition coefficient (Wildman–Crippen LogP) is 5.24. The Labute approximate surface area is 207 Å². The fourth-order valence-electron chi connectivity index (χ4n) is 3.97. The van der Waals surface area contributed by atoms with Crippen molar-refractivity contribution in [2.75, 3.05) is 30.8 Å². The van der Waals surface area contributed by atoms with Crippen LogP contribution in [0.25, 0.3) is 0 Å². The number of hydrogen-bond donors (Lipinski definition) is 2. The zero-order valence-electron chi connectivity index (χ0n) is 21.3. The number of aryl methyl sites for hydroxylation is 1. The van der Waals surface area contributed by atoms with Crippen molar-refractivity contribution >= 4 is 29.4 Å². The molecule has 1 aliphatic rings. The molecular weight excluding hydrogens is 444 g/mol. The molecule has 1 saturated heterocycles. The van der Waals surface area contributed by atoms with Crippen molar-refractivity contribution in [2.45, 2.75) is 52.7 Å². The summed E-state index contributed by atoms with van der Waals surface area (Å²) in [4.78, 5) is 41.2. The lowest BCUT2D eigenvalue weighted by atomic mass is 9.97. The Morgan fingerprint density at radius 3 is 2.43 bits per heavy atom. The lowest BCUT2D eigenvalue weighted by Gasteiger charge is -2.32. The van der Waals surface area contributed by atoms with Crippen LogP contribution in [0.2, 0.25) is 0 Å². The van der Waals surface area contributed by atoms with Crippen molar-refractivity contribution in [3.05, 3.63) is 59.7 Å². The summed E-state index contributed by atoms with van der Waals surface area (Å²) < 4.78 is 5.40. The van der Waals surface area contributed by atoms with Crippen LogP contribution in [0.3, 0.4) is 0 Å². The van der Waals surface area contributed by atoms with Gasteiger partial charge in [0.05, 0.1) is 5.92 Å². The number of carbonyl (C=O) groups excluding carboxylic acids is 3. The van der Waals surface area contributed by atoms with Crippen LogP contribution >= 0.6 is 0 Å². The van der Waals surface area contributed by atoms with Crippen molar-refractivity contribution in [1.82, 2.24) is 9.80 Å². The molecule has 0 aromatic heterocycles. The smallest absolute Gasteiger partial charge is 0.410 e. The summed E-state index contributed by atoms with van der Waals surface area (Å²) in [6.07, 6.45) is 1.08. The van der Waals surface area contributed by atoms with Gasteiger partial charge in [-0.2, -0.15) is 0 Å². The van der Waals surface area contributed by atoms with Gasteiger partial charge < -0.3 is 25.2 Å². The SMILES string of the molecule is Cc1cccc(NC(=O)N2CCCC(C(=O)Nc3cccc(CN(C)C(=O)OC(C)(C)C)c3)C2)c1. The molecule has 8 heteroatoms. The maximum Gasteiger partial charge on any atom is 0.410 e. The number of hydrogen-bond acceptors (Lipinski definition) is 4. The summed E-state index contributed by atoms with van der Waals surface area (Å²) in [7, 11) is 1.68. The third-order valence-corrected chi connectivity index (χ3v) is 5.67. The largest absolute Gasteiger partial charge is 0.444 e. The Morgan fingerprint density at radius 1 is 1.06 bits per heavy atom. The number of nitrogens with one attached hydrogen (secondary N) is 2. The highest BCUT2D eigenvalue weighted by molar-refractivity contribution is 5.94. The summed E-state index contributed by atoms with van der Waals surface area (Å²) in [6, 6.07) is 14.9. The summed E-state index contributed by atoms with van der Waals surface area (Å²) in [5.74, 6) is -0.407. The van der Waals surface area contributed by atoms with E-state index in [0.717, 1.165) is 29.7 Å². The molecule has 0 saturated carbocycles. The van der Waals surface area contributed by atoms with Gasteiger partial charge in [0.15, 0.2) is 0 Å². The zero-order chi connectivity index (χ0) is 25.6. The van der Waals surface area contributed by atoms with Crippen LogP contribution in [0.4, 0.5) is 21.0 Å². The molecular formula is C27H36N4O4. The van der Waals surface area contributed by atoms with Crippen LogP contribution in [-0.4, -0.2) is 53.6 Å². The van der Waals surface area contributed by atoms with E-state index in [1.165, 1.54) is 4.90 Å². The average molecular weight is 481 g/mol. The van der Waals surface area contributed by atoms with Crippen molar-refractivity contribution in [3.8, 4) is 0 Å². The molecule has 0 aliphatic carbocycles. The number of likely N-dealkylation sites (tertiary alicyclic amines) is 1. The molecule has 2 aromatic rings. The highest BCUT2D eigenvalue weighted by atomic mass is 16.6. The Kier molecular flexibility index (Phi) is 8.38. The number of anilines is 2. The lowest BCUT2D eigenvalue weighted by molar-refractivity contribution is -0.121. The highest BCUT2D eigenvalue weighted by Crippen LogP contribution is 2.21. The van der Waals surface area contributed by atoms with E-state index >= 15 is 0 Å². The van der Waals surface area contributed by atoms with Crippen LogP contribution in [0.15, 0.2) is 48.5 Å². The fourth-order valence-corrected chi connectivity index (χ4v) is 3.97. The molecule has 0 spiro atoms. The molecule has 2 aromatic carbocycles. The number of urea groups is 1. The molecule has 0 bridgehead atoms. The first-order valence-corrected chi connectivity index (χ1v) is 12.0. The van der Waals surface area contributed by atoms with E-state index in [4.69, 9.17) is 4.74 Å². The van der Waals surface area contributed by atoms with Gasteiger partial charge >= 0.3 is 12.1 Å². The number of piperidine rings is 1. The third kappa shape index (κ3) is 8.02. The lowest BCUT2D eigenvalue weighted by Crippen LogP contribution is -2.45. The minimum atomic E-state index is -0.564. The average Bonchev–Trinajstić information content (AvgIpc) is 2.78. The van der Waals surface area contributed by atoms with Gasteiger partial charge in [-0.25, -0.2) is 9.59 Å². The minimum Gasteiger partial charge on any atom is -0.444 e. The summed E-state index contributed by atoms with van der Waals surface area (Å²) in [6.45, 7) is 8.80. The fraction of sp³-hybridized carbons (Fsp3) is 0.444. The second-order valence-corrected chi connectivity index (χ2v) is 10.1. The molecule has 1 heterocycles. The van der Waals surface area contributed by atoms with Gasteiger partial charge in [0.1, 0.15) is 5.60 Å². The molecule has 2 N–H and O–H groups in total. The molecule has 8 nitrogen and oxygen atoms in total. The second-order valence-electron chi connectivity index (χ2n) is 10.1. The van der Waals surface area contributed by atoms with Crippen LogP contribution in [0.1, 0.15) is 44.7 Å². The van der Waals surface area contributed by atoms with Gasteiger partial charge in [0.25, 0.3) is 0 Å². The summed E-state index contributed by atoms with van der Waals surface area (Å²) >= 11 is 0. The maximum absolute atomic E-state index is 13.0. The van der Waals surface area contributed by atoms with E-state index in [1.807, 2.05) is 76.2 Å². The van der Waals surface area contributed by atoms with Gasteiger partial charge in [0.2, 0.25) is 5.91 Å². The van der Waals surface area contributed by atoms with Crippen LogP contribution in [-0.2, 0) is 16.1 Å². The van der Waals surface area contributed by atoms with Crippen molar-refractivity contribution in [1.29, 1.82) is 0 Å². The highest BCUT2D eigenvalue weighted by Gasteiger charge is 2.28. The minimum absolute atomic E-state index is 0.115. The first kappa shape index (κ1) is 26.1. The number of benzene rings is 2. The first-order chi connectivity index (χ1) is 16.5. The van der Waals surface area contributed by atoms with Crippen LogP contribution < -0.4 is 10.6 Å². The summed E-state index contributed by atoms with van der Waals surface area (Å²) in [5.41, 5.74) is 2.78. The number of ether oxygens (including phenoxy) is 1. The Morgan fingerprint density at radius 2 is 1.74 bits per heavy atom. The van der Waals surface area contributed by atoms with Gasteiger partial charge in [-0.1, -0.05) is 24.3 Å². The topological polar surface area (TPSA) is 91.0 Å². The Hall–Kier alpha value is -3.55. The van der Waals surface area contributed by atoms with Crippen LogP contribution in [0, 0.1) is 12.8 Å². The maximum atomic E-state index is 13.0. The Bertz CT molecular complexity index is 1060.